The summed E-state index contributed by atoms with van der Waals surface area (Å²) in [6.45, 7) is 2.63. The van der Waals surface area contributed by atoms with Crippen molar-refractivity contribution in [1.29, 1.82) is 0 Å². The monoisotopic (exact) mass is 301 g/mol. The molecular weight excluding hydrogens is 282 g/mol. The minimum Gasteiger partial charge on any atom is -0.455 e. The third kappa shape index (κ3) is 2.77. The van der Waals surface area contributed by atoms with Crippen LogP contribution in [-0.2, 0) is 11.3 Å². The Kier molecular flexibility index (Phi) is 4.27. The van der Waals surface area contributed by atoms with Gasteiger partial charge in [-0.2, -0.15) is 0 Å². The predicted molar refractivity (Wildman–Crippen MR) is 81.7 cm³/mol. The molecule has 116 valence electrons. The Hall–Kier alpha value is -2.11. The molecule has 1 aromatic heterocycles. The van der Waals surface area contributed by atoms with Crippen molar-refractivity contribution in [3.8, 4) is 5.75 Å². The lowest BCUT2D eigenvalue weighted by molar-refractivity contribution is -0.142. The molecule has 5 heteroatoms. The molecule has 0 radical (unpaired) electrons. The van der Waals surface area contributed by atoms with E-state index in [4.69, 9.17) is 14.6 Å². The van der Waals surface area contributed by atoms with Crippen LogP contribution >= 0.6 is 0 Å². The van der Waals surface area contributed by atoms with Gasteiger partial charge in [0, 0.05) is 31.0 Å². The number of pyridine rings is 1. The maximum atomic E-state index is 12.2. The minimum atomic E-state index is -0.579. The van der Waals surface area contributed by atoms with Crippen LogP contribution in [0.15, 0.2) is 47.4 Å². The molecule has 0 fully saturated rings. The fourth-order valence-electron chi connectivity index (χ4n) is 2.68. The van der Waals surface area contributed by atoms with Crippen LogP contribution in [0.4, 0.5) is 0 Å². The summed E-state index contributed by atoms with van der Waals surface area (Å²) >= 11 is 0. The van der Waals surface area contributed by atoms with Gasteiger partial charge >= 0.3 is 0 Å². The van der Waals surface area contributed by atoms with E-state index in [9.17, 15) is 4.79 Å². The van der Waals surface area contributed by atoms with Gasteiger partial charge in [-0.1, -0.05) is 30.3 Å². The van der Waals surface area contributed by atoms with Crippen molar-refractivity contribution in [2.75, 3.05) is 6.61 Å². The second kappa shape index (κ2) is 6.34. The number of ether oxygens (including phenoxy) is 2. The Morgan fingerprint density at radius 1 is 1.23 bits per heavy atom. The highest BCUT2D eigenvalue weighted by atomic mass is 16.7. The fraction of sp³-hybridized carbons (Fsp3) is 0.353. The predicted octanol–water partition coefficient (Wildman–Crippen LogP) is 2.40. The van der Waals surface area contributed by atoms with E-state index in [0.717, 1.165) is 11.3 Å². The molecule has 1 aliphatic heterocycles. The number of aliphatic hydroxyl groups excluding tert-OH is 1. The van der Waals surface area contributed by atoms with Crippen LogP contribution in [0.25, 0.3) is 0 Å². The van der Waals surface area contributed by atoms with Gasteiger partial charge in [0.05, 0.1) is 5.69 Å². The molecule has 1 N–H and O–H groups in total. The number of nitrogens with zero attached hydrogens (tertiary/aromatic N) is 1. The molecule has 1 aliphatic rings. The Bertz CT molecular complexity index is 696. The van der Waals surface area contributed by atoms with Crippen molar-refractivity contribution in [1.82, 2.24) is 4.57 Å². The molecule has 22 heavy (non-hydrogen) atoms. The first-order chi connectivity index (χ1) is 10.7. The summed E-state index contributed by atoms with van der Waals surface area (Å²) in [6, 6.07) is 11.1. The zero-order valence-electron chi connectivity index (χ0n) is 12.4. The van der Waals surface area contributed by atoms with Crippen LogP contribution in [0.5, 0.6) is 5.75 Å². The average Bonchev–Trinajstić information content (AvgIpc) is 2.55. The van der Waals surface area contributed by atoms with E-state index in [1.807, 2.05) is 41.8 Å². The molecule has 2 unspecified atom stereocenters. The van der Waals surface area contributed by atoms with Crippen molar-refractivity contribution in [2.45, 2.75) is 32.3 Å². The van der Waals surface area contributed by atoms with Gasteiger partial charge in [-0.15, -0.1) is 0 Å². The zero-order valence-corrected chi connectivity index (χ0v) is 12.4. The number of benzene rings is 1. The molecule has 0 saturated carbocycles. The van der Waals surface area contributed by atoms with Crippen LogP contribution in [0.1, 0.15) is 37.0 Å². The Labute approximate surface area is 128 Å². The molecule has 5 nitrogen and oxygen atoms in total. The second-order valence-electron chi connectivity index (χ2n) is 5.30. The number of hydrogen-bond donors (Lipinski definition) is 1. The van der Waals surface area contributed by atoms with E-state index in [0.29, 0.717) is 18.7 Å². The molecule has 2 heterocycles. The first-order valence-electron chi connectivity index (χ1n) is 7.42. The lowest BCUT2D eigenvalue weighted by Crippen LogP contribution is -2.28. The lowest BCUT2D eigenvalue weighted by atomic mass is 10.1. The molecule has 0 spiro atoms. The second-order valence-corrected chi connectivity index (χ2v) is 5.30. The SMILES string of the molecule is CC1OC(c2ccccc2)Oc2c1n(CCCO)ccc2=O. The van der Waals surface area contributed by atoms with Gasteiger partial charge in [0.15, 0.2) is 5.75 Å². The Balaban J connectivity index is 1.98. The quantitative estimate of drug-likeness (QED) is 0.942. The van der Waals surface area contributed by atoms with E-state index in [1.54, 1.807) is 6.20 Å². The van der Waals surface area contributed by atoms with Gasteiger partial charge < -0.3 is 19.1 Å². The van der Waals surface area contributed by atoms with E-state index in [2.05, 4.69) is 0 Å². The third-order valence-electron chi connectivity index (χ3n) is 3.74. The third-order valence-corrected chi connectivity index (χ3v) is 3.74. The molecule has 2 aromatic rings. The number of hydrogen-bond acceptors (Lipinski definition) is 4. The van der Waals surface area contributed by atoms with Gasteiger partial charge in [-0.05, 0) is 13.3 Å². The van der Waals surface area contributed by atoms with Crippen molar-refractivity contribution >= 4 is 0 Å². The molecule has 0 saturated heterocycles. The Morgan fingerprint density at radius 3 is 2.73 bits per heavy atom. The molecule has 0 aliphatic carbocycles. The molecule has 3 rings (SSSR count). The summed E-state index contributed by atoms with van der Waals surface area (Å²) in [7, 11) is 0. The van der Waals surface area contributed by atoms with Crippen molar-refractivity contribution in [2.24, 2.45) is 0 Å². The van der Waals surface area contributed by atoms with Crippen LogP contribution in [0.3, 0.4) is 0 Å². The van der Waals surface area contributed by atoms with Crippen molar-refractivity contribution < 1.29 is 14.6 Å². The summed E-state index contributed by atoms with van der Waals surface area (Å²) < 4.78 is 13.7. The highest BCUT2D eigenvalue weighted by molar-refractivity contribution is 5.33. The van der Waals surface area contributed by atoms with E-state index < -0.39 is 6.29 Å². The van der Waals surface area contributed by atoms with E-state index in [1.165, 1.54) is 6.07 Å². The first-order valence-corrected chi connectivity index (χ1v) is 7.42. The zero-order chi connectivity index (χ0) is 15.5. The molecule has 0 bridgehead atoms. The number of aliphatic hydroxyl groups is 1. The lowest BCUT2D eigenvalue weighted by Gasteiger charge is -2.32. The summed E-state index contributed by atoms with van der Waals surface area (Å²) in [6.07, 6.45) is 1.50. The minimum absolute atomic E-state index is 0.101. The fourth-order valence-corrected chi connectivity index (χ4v) is 2.68. The number of fused-ring (bicyclic) bond motifs is 1. The first kappa shape index (κ1) is 14.8. The largest absolute Gasteiger partial charge is 0.455 e. The van der Waals surface area contributed by atoms with Crippen LogP contribution in [-0.4, -0.2) is 16.3 Å². The normalized spacial score (nSPS) is 20.3. The highest BCUT2D eigenvalue weighted by Crippen LogP contribution is 2.37. The summed E-state index contributed by atoms with van der Waals surface area (Å²) in [5, 5.41) is 9.01. The van der Waals surface area contributed by atoms with Crippen LogP contribution in [0.2, 0.25) is 0 Å². The molecule has 1 aromatic carbocycles. The molecule has 0 amide bonds. The summed E-state index contributed by atoms with van der Waals surface area (Å²) in [5.41, 5.74) is 1.46. The van der Waals surface area contributed by atoms with Gasteiger partial charge in [0.1, 0.15) is 6.10 Å². The summed E-state index contributed by atoms with van der Waals surface area (Å²) in [4.78, 5) is 12.2. The smallest absolute Gasteiger partial charge is 0.227 e. The van der Waals surface area contributed by atoms with E-state index >= 15 is 0 Å². The maximum Gasteiger partial charge on any atom is 0.227 e. The topological polar surface area (TPSA) is 60.7 Å². The van der Waals surface area contributed by atoms with Crippen molar-refractivity contribution in [3.63, 3.8) is 0 Å². The number of rotatable bonds is 4. The van der Waals surface area contributed by atoms with Crippen LogP contribution in [0, 0.1) is 0 Å². The van der Waals surface area contributed by atoms with E-state index in [-0.39, 0.29) is 18.1 Å². The standard InChI is InChI=1S/C17H19NO4/c1-12-15-16(14(20)8-10-18(15)9-5-11-19)22-17(21-12)13-6-3-2-4-7-13/h2-4,6-8,10,12,17,19H,5,9,11H2,1H3. The average molecular weight is 301 g/mol. The van der Waals surface area contributed by atoms with Gasteiger partial charge in [-0.25, -0.2) is 0 Å². The van der Waals surface area contributed by atoms with Crippen LogP contribution < -0.4 is 10.2 Å². The number of aromatic nitrogens is 1. The molecule has 2 atom stereocenters. The van der Waals surface area contributed by atoms with Gasteiger partial charge in [0.2, 0.25) is 11.7 Å². The van der Waals surface area contributed by atoms with Gasteiger partial charge in [-0.3, -0.25) is 4.79 Å². The Morgan fingerprint density at radius 2 is 2.00 bits per heavy atom. The van der Waals surface area contributed by atoms with Crippen molar-refractivity contribution in [3.05, 3.63) is 64.1 Å². The maximum absolute atomic E-state index is 12.2. The molecular formula is C17H19NO4. The van der Waals surface area contributed by atoms with Gasteiger partial charge in [0.25, 0.3) is 0 Å². The number of aryl methyl sites for hydroxylation is 1. The summed E-state index contributed by atoms with van der Waals surface area (Å²) in [5.74, 6) is 0.341. The highest BCUT2D eigenvalue weighted by Gasteiger charge is 2.31.